The lowest BCUT2D eigenvalue weighted by atomic mass is 10.0. The molecule has 0 aliphatic carbocycles. The van der Waals surface area contributed by atoms with Crippen molar-refractivity contribution in [2.45, 2.75) is 19.4 Å². The predicted molar refractivity (Wildman–Crippen MR) is 86.2 cm³/mol. The minimum absolute atomic E-state index is 0.0903. The van der Waals surface area contributed by atoms with Crippen molar-refractivity contribution in [2.75, 3.05) is 6.61 Å². The van der Waals surface area contributed by atoms with E-state index in [4.69, 9.17) is 4.74 Å². The van der Waals surface area contributed by atoms with Crippen LogP contribution in [0.3, 0.4) is 0 Å². The van der Waals surface area contributed by atoms with E-state index in [0.29, 0.717) is 17.6 Å². The predicted octanol–water partition coefficient (Wildman–Crippen LogP) is 2.27. The van der Waals surface area contributed by atoms with E-state index in [2.05, 4.69) is 9.97 Å². The number of nitrogens with one attached hydrogen (secondary N) is 1. The number of hydrogen-bond donors (Lipinski definition) is 1. The number of hydrogen-bond acceptors (Lipinski definition) is 4. The number of pyridine rings is 1. The third kappa shape index (κ3) is 3.01. The number of H-pyrrole nitrogens is 1. The Kier molecular flexibility index (Phi) is 4.23. The highest BCUT2D eigenvalue weighted by Crippen LogP contribution is 2.24. The molecule has 0 radical (unpaired) electrons. The molecule has 0 aliphatic heterocycles. The third-order valence-corrected chi connectivity index (χ3v) is 3.68. The van der Waals surface area contributed by atoms with E-state index in [1.54, 1.807) is 30.0 Å². The van der Waals surface area contributed by atoms with Crippen molar-refractivity contribution in [1.82, 2.24) is 14.5 Å². The van der Waals surface area contributed by atoms with Crippen LogP contribution in [0.15, 0.2) is 53.6 Å². The summed E-state index contributed by atoms with van der Waals surface area (Å²) in [5.74, 6) is -0.336. The zero-order chi connectivity index (χ0) is 16.2. The largest absolute Gasteiger partial charge is 0.466 e. The smallest absolute Gasteiger partial charge is 0.327 e. The van der Waals surface area contributed by atoms with E-state index in [-0.39, 0.29) is 18.1 Å². The molecule has 1 atom stereocenters. The molecule has 118 valence electrons. The summed E-state index contributed by atoms with van der Waals surface area (Å²) in [7, 11) is 0. The summed E-state index contributed by atoms with van der Waals surface area (Å²) in [6.45, 7) is 2.08. The second-order valence-electron chi connectivity index (χ2n) is 5.13. The summed E-state index contributed by atoms with van der Waals surface area (Å²) < 4.78 is 6.65. The quantitative estimate of drug-likeness (QED) is 0.733. The fourth-order valence-corrected chi connectivity index (χ4v) is 2.70. The fourth-order valence-electron chi connectivity index (χ4n) is 2.70. The SMILES string of the molecule is CCOC(=O)C[C@H](c1ccccc1)n1c(=O)[nH]c2cnccc21. The third-order valence-electron chi connectivity index (χ3n) is 3.68. The van der Waals surface area contributed by atoms with Gasteiger partial charge >= 0.3 is 11.7 Å². The monoisotopic (exact) mass is 311 g/mol. The number of fused-ring (bicyclic) bond motifs is 1. The molecule has 0 fully saturated rings. The van der Waals surface area contributed by atoms with E-state index in [9.17, 15) is 9.59 Å². The normalized spacial score (nSPS) is 12.2. The number of ether oxygens (including phenoxy) is 1. The lowest BCUT2D eigenvalue weighted by Gasteiger charge is -2.18. The summed E-state index contributed by atoms with van der Waals surface area (Å²) >= 11 is 0. The summed E-state index contributed by atoms with van der Waals surface area (Å²) in [6, 6.07) is 10.8. The van der Waals surface area contributed by atoms with Crippen LogP contribution in [0.25, 0.3) is 11.0 Å². The average molecular weight is 311 g/mol. The van der Waals surface area contributed by atoms with Gasteiger partial charge in [-0.2, -0.15) is 0 Å². The minimum atomic E-state index is -0.432. The van der Waals surface area contributed by atoms with Gasteiger partial charge in [0.25, 0.3) is 0 Å². The maximum absolute atomic E-state index is 12.4. The molecule has 1 N–H and O–H groups in total. The number of imidazole rings is 1. The van der Waals surface area contributed by atoms with Gasteiger partial charge in [-0.1, -0.05) is 30.3 Å². The lowest BCUT2D eigenvalue weighted by molar-refractivity contribution is -0.143. The number of aromatic nitrogens is 3. The second-order valence-corrected chi connectivity index (χ2v) is 5.13. The summed E-state index contributed by atoms with van der Waals surface area (Å²) in [6.07, 6.45) is 3.31. The first kappa shape index (κ1) is 15.0. The molecule has 2 aromatic heterocycles. The van der Waals surface area contributed by atoms with E-state index in [0.717, 1.165) is 5.56 Å². The zero-order valence-electron chi connectivity index (χ0n) is 12.7. The average Bonchev–Trinajstić information content (AvgIpc) is 2.89. The van der Waals surface area contributed by atoms with Crippen LogP contribution in [0, 0.1) is 0 Å². The number of aromatic amines is 1. The fraction of sp³-hybridized carbons (Fsp3) is 0.235. The minimum Gasteiger partial charge on any atom is -0.466 e. The van der Waals surface area contributed by atoms with Gasteiger partial charge in [0.05, 0.1) is 36.3 Å². The molecule has 3 aromatic rings. The van der Waals surface area contributed by atoms with Crippen LogP contribution in [-0.4, -0.2) is 27.1 Å². The van der Waals surface area contributed by atoms with Crippen LogP contribution in [0.4, 0.5) is 0 Å². The standard InChI is InChI=1S/C17H17N3O3/c1-2-23-16(21)10-15(12-6-4-3-5-7-12)20-14-8-9-18-11-13(14)19-17(20)22/h3-9,11,15H,2,10H2,1H3,(H,19,22)/t15-/m1/s1. The molecule has 23 heavy (non-hydrogen) atoms. The van der Waals surface area contributed by atoms with Crippen LogP contribution in [0.5, 0.6) is 0 Å². The van der Waals surface area contributed by atoms with Gasteiger partial charge in [0.15, 0.2) is 0 Å². The van der Waals surface area contributed by atoms with Crippen molar-refractivity contribution < 1.29 is 9.53 Å². The molecule has 0 saturated carbocycles. The Hall–Kier alpha value is -2.89. The molecular weight excluding hydrogens is 294 g/mol. The highest BCUT2D eigenvalue weighted by Gasteiger charge is 2.22. The molecule has 0 unspecified atom stereocenters. The molecule has 6 heteroatoms. The summed E-state index contributed by atoms with van der Waals surface area (Å²) in [5.41, 5.74) is 1.96. The summed E-state index contributed by atoms with van der Waals surface area (Å²) in [5, 5.41) is 0. The van der Waals surface area contributed by atoms with Crippen molar-refractivity contribution in [1.29, 1.82) is 0 Å². The Bertz CT molecular complexity index is 867. The molecular formula is C17H17N3O3. The number of nitrogens with zero attached hydrogens (tertiary/aromatic N) is 2. The number of rotatable bonds is 5. The van der Waals surface area contributed by atoms with Crippen LogP contribution >= 0.6 is 0 Å². The Morgan fingerprint density at radius 2 is 2.09 bits per heavy atom. The summed E-state index contributed by atoms with van der Waals surface area (Å²) in [4.78, 5) is 31.2. The molecule has 6 nitrogen and oxygen atoms in total. The van der Waals surface area contributed by atoms with Crippen LogP contribution < -0.4 is 5.69 Å². The van der Waals surface area contributed by atoms with E-state index in [1.807, 2.05) is 30.3 Å². The molecule has 0 spiro atoms. The van der Waals surface area contributed by atoms with Gasteiger partial charge in [0.1, 0.15) is 0 Å². The highest BCUT2D eigenvalue weighted by atomic mass is 16.5. The second kappa shape index (κ2) is 6.48. The maximum Gasteiger partial charge on any atom is 0.327 e. The Morgan fingerprint density at radius 3 is 2.83 bits per heavy atom. The lowest BCUT2D eigenvalue weighted by Crippen LogP contribution is -2.25. The molecule has 3 rings (SSSR count). The number of benzene rings is 1. The van der Waals surface area contributed by atoms with Gasteiger partial charge in [-0.25, -0.2) is 4.79 Å². The molecule has 1 aromatic carbocycles. The molecule has 0 aliphatic rings. The first-order chi connectivity index (χ1) is 11.2. The Labute approximate surface area is 132 Å². The molecule has 2 heterocycles. The van der Waals surface area contributed by atoms with E-state index >= 15 is 0 Å². The van der Waals surface area contributed by atoms with Gasteiger partial charge in [-0.3, -0.25) is 14.3 Å². The van der Waals surface area contributed by atoms with E-state index < -0.39 is 6.04 Å². The number of esters is 1. The topological polar surface area (TPSA) is 77.0 Å². The van der Waals surface area contributed by atoms with E-state index in [1.165, 1.54) is 0 Å². The van der Waals surface area contributed by atoms with Crippen LogP contribution in [0.2, 0.25) is 0 Å². The first-order valence-corrected chi connectivity index (χ1v) is 7.45. The van der Waals surface area contributed by atoms with Crippen molar-refractivity contribution in [3.05, 3.63) is 64.8 Å². The maximum atomic E-state index is 12.4. The van der Waals surface area contributed by atoms with Gasteiger partial charge in [-0.15, -0.1) is 0 Å². The first-order valence-electron chi connectivity index (χ1n) is 7.45. The van der Waals surface area contributed by atoms with Gasteiger partial charge < -0.3 is 9.72 Å². The van der Waals surface area contributed by atoms with Gasteiger partial charge in [0.2, 0.25) is 0 Å². The van der Waals surface area contributed by atoms with Crippen molar-refractivity contribution in [3.63, 3.8) is 0 Å². The molecule has 0 bridgehead atoms. The van der Waals surface area contributed by atoms with Crippen LogP contribution in [0.1, 0.15) is 24.9 Å². The Morgan fingerprint density at radius 1 is 1.30 bits per heavy atom. The van der Waals surface area contributed by atoms with Crippen molar-refractivity contribution in [3.8, 4) is 0 Å². The Balaban J connectivity index is 2.12. The number of carbonyl (C=O) groups is 1. The molecule has 0 saturated heterocycles. The van der Waals surface area contributed by atoms with Gasteiger partial charge in [-0.05, 0) is 18.6 Å². The molecule has 0 amide bonds. The van der Waals surface area contributed by atoms with Crippen molar-refractivity contribution >= 4 is 17.0 Å². The van der Waals surface area contributed by atoms with Crippen molar-refractivity contribution in [2.24, 2.45) is 0 Å². The highest BCUT2D eigenvalue weighted by molar-refractivity contribution is 5.75. The number of carbonyl (C=O) groups excluding carboxylic acids is 1. The van der Waals surface area contributed by atoms with Gasteiger partial charge in [0, 0.05) is 6.20 Å². The zero-order valence-corrected chi connectivity index (χ0v) is 12.7. The van der Waals surface area contributed by atoms with Crippen LogP contribution in [-0.2, 0) is 9.53 Å².